The minimum absolute atomic E-state index is 0.330. The lowest BCUT2D eigenvalue weighted by molar-refractivity contribution is -0.119. The lowest BCUT2D eigenvalue weighted by Gasteiger charge is -2.31. The first kappa shape index (κ1) is 18.7. The second kappa shape index (κ2) is 7.75. The molecule has 9 heteroatoms. The normalized spacial score (nSPS) is 16.8. The van der Waals surface area contributed by atoms with Crippen molar-refractivity contribution in [2.75, 3.05) is 11.9 Å². The van der Waals surface area contributed by atoms with Crippen molar-refractivity contribution in [3.05, 3.63) is 28.8 Å². The molecule has 0 bridgehead atoms. The highest BCUT2D eigenvalue weighted by atomic mass is 32.1. The second-order valence-electron chi connectivity index (χ2n) is 6.86. The predicted molar refractivity (Wildman–Crippen MR) is 102 cm³/mol. The summed E-state index contributed by atoms with van der Waals surface area (Å²) in [6.45, 7) is 1.48. The van der Waals surface area contributed by atoms with Crippen molar-refractivity contribution >= 4 is 29.1 Å². The number of aromatic nitrogens is 2. The van der Waals surface area contributed by atoms with E-state index in [9.17, 15) is 9.59 Å². The molecule has 148 valence electrons. The van der Waals surface area contributed by atoms with Gasteiger partial charge in [0.2, 0.25) is 0 Å². The van der Waals surface area contributed by atoms with Gasteiger partial charge in [0, 0.05) is 24.6 Å². The molecule has 1 aliphatic carbocycles. The minimum atomic E-state index is -0.591. The number of carbonyl (C=O) groups excluding carboxylic acids is 2. The third kappa shape index (κ3) is 3.80. The van der Waals surface area contributed by atoms with Crippen LogP contribution in [0.2, 0.25) is 0 Å². The molecule has 0 saturated heterocycles. The van der Waals surface area contributed by atoms with Crippen LogP contribution in [0.3, 0.4) is 0 Å². The van der Waals surface area contributed by atoms with Crippen LogP contribution >= 0.6 is 11.5 Å². The van der Waals surface area contributed by atoms with Crippen LogP contribution in [0.1, 0.15) is 54.4 Å². The van der Waals surface area contributed by atoms with Gasteiger partial charge in [-0.05, 0) is 42.9 Å². The van der Waals surface area contributed by atoms with E-state index >= 15 is 0 Å². The van der Waals surface area contributed by atoms with Gasteiger partial charge in [-0.1, -0.05) is 17.8 Å². The first-order valence-corrected chi connectivity index (χ1v) is 10.2. The van der Waals surface area contributed by atoms with E-state index in [0.29, 0.717) is 34.2 Å². The van der Waals surface area contributed by atoms with Crippen molar-refractivity contribution in [2.45, 2.75) is 51.2 Å². The van der Waals surface area contributed by atoms with Gasteiger partial charge in [-0.2, -0.15) is 0 Å². The molecule has 1 aromatic heterocycles. The van der Waals surface area contributed by atoms with E-state index in [2.05, 4.69) is 14.9 Å². The summed E-state index contributed by atoms with van der Waals surface area (Å²) < 4.78 is 20.9. The lowest BCUT2D eigenvalue weighted by Crippen LogP contribution is -2.40. The summed E-state index contributed by atoms with van der Waals surface area (Å²) >= 11 is 0.964. The highest BCUT2D eigenvalue weighted by molar-refractivity contribution is 7.07. The van der Waals surface area contributed by atoms with Crippen LogP contribution in [0.5, 0.6) is 11.5 Å². The van der Waals surface area contributed by atoms with Crippen molar-refractivity contribution in [2.24, 2.45) is 0 Å². The van der Waals surface area contributed by atoms with Crippen molar-refractivity contribution in [3.63, 3.8) is 0 Å². The Morgan fingerprint density at radius 1 is 1.21 bits per heavy atom. The van der Waals surface area contributed by atoms with E-state index in [1.54, 1.807) is 18.2 Å². The summed E-state index contributed by atoms with van der Waals surface area (Å²) in [6.07, 6.45) is 5.67. The van der Waals surface area contributed by atoms with Crippen LogP contribution in [0, 0.1) is 0 Å². The summed E-state index contributed by atoms with van der Waals surface area (Å²) in [5, 5.41) is 6.57. The maximum Gasteiger partial charge on any atom is 0.352 e. The van der Waals surface area contributed by atoms with Crippen molar-refractivity contribution in [1.29, 1.82) is 0 Å². The maximum atomic E-state index is 12.1. The number of ether oxygens (including phenoxy) is 3. The Morgan fingerprint density at radius 3 is 2.79 bits per heavy atom. The zero-order chi connectivity index (χ0) is 19.6. The number of nitrogens with zero attached hydrogens (tertiary/aromatic N) is 2. The van der Waals surface area contributed by atoms with Gasteiger partial charge in [0.05, 0.1) is 5.69 Å². The molecular weight excluding hydrogens is 382 g/mol. The molecule has 1 N–H and O–H groups in total. The molecule has 8 nitrogen and oxygen atoms in total. The van der Waals surface area contributed by atoms with E-state index in [4.69, 9.17) is 14.2 Å². The Balaban J connectivity index is 1.33. The Hall–Kier alpha value is -2.68. The third-order valence-electron chi connectivity index (χ3n) is 4.85. The van der Waals surface area contributed by atoms with Gasteiger partial charge in [-0.3, -0.25) is 4.79 Å². The Kier molecular flexibility index (Phi) is 5.17. The number of rotatable bonds is 5. The predicted octanol–water partition coefficient (Wildman–Crippen LogP) is 3.33. The van der Waals surface area contributed by atoms with Crippen LogP contribution < -0.4 is 14.8 Å². The molecule has 2 aliphatic rings. The van der Waals surface area contributed by atoms with Crippen LogP contribution in [-0.4, -0.2) is 33.9 Å². The highest BCUT2D eigenvalue weighted by Crippen LogP contribution is 2.46. The molecule has 0 atom stereocenters. The number of amides is 1. The summed E-state index contributed by atoms with van der Waals surface area (Å²) in [4.78, 5) is 24.5. The largest absolute Gasteiger partial charge is 0.451 e. The number of carbonyl (C=O) groups is 2. The molecule has 1 saturated carbocycles. The number of hydrogen-bond donors (Lipinski definition) is 1. The minimum Gasteiger partial charge on any atom is -0.451 e. The van der Waals surface area contributed by atoms with Gasteiger partial charge in [0.15, 0.2) is 23.0 Å². The number of fused-ring (bicyclic) bond motifs is 1. The van der Waals surface area contributed by atoms with E-state index in [0.717, 1.165) is 37.2 Å². The molecule has 28 heavy (non-hydrogen) atoms. The molecule has 1 aliphatic heterocycles. The molecule has 2 heterocycles. The van der Waals surface area contributed by atoms with Crippen molar-refractivity contribution in [3.8, 4) is 11.5 Å². The number of aryl methyl sites for hydroxylation is 1. The Morgan fingerprint density at radius 2 is 2.00 bits per heavy atom. The van der Waals surface area contributed by atoms with Gasteiger partial charge in [-0.25, -0.2) is 4.79 Å². The van der Waals surface area contributed by atoms with Gasteiger partial charge >= 0.3 is 5.97 Å². The van der Waals surface area contributed by atoms with E-state index in [1.165, 1.54) is 6.42 Å². The molecular formula is C19H21N3O5S. The standard InChI is InChI=1S/C19H21N3O5S/c1-2-13-17(28-22-21-13)18(24)25-11-16(23)20-12-6-7-14-15(10-12)27-19(26-14)8-4-3-5-9-19/h6-7,10H,2-5,8-9,11H2,1H3,(H,20,23). The van der Waals surface area contributed by atoms with E-state index < -0.39 is 24.3 Å². The van der Waals surface area contributed by atoms with Gasteiger partial charge in [0.25, 0.3) is 11.7 Å². The summed E-state index contributed by atoms with van der Waals surface area (Å²) in [7, 11) is 0. The molecule has 0 unspecified atom stereocenters. The van der Waals surface area contributed by atoms with E-state index in [-0.39, 0.29) is 0 Å². The van der Waals surface area contributed by atoms with Crippen molar-refractivity contribution < 1.29 is 23.8 Å². The van der Waals surface area contributed by atoms with Gasteiger partial charge in [0.1, 0.15) is 0 Å². The average molecular weight is 403 g/mol. The fourth-order valence-corrected chi connectivity index (χ4v) is 4.10. The van der Waals surface area contributed by atoms with E-state index in [1.807, 2.05) is 6.92 Å². The highest BCUT2D eigenvalue weighted by Gasteiger charge is 2.42. The molecule has 1 fully saturated rings. The van der Waals surface area contributed by atoms with Crippen LogP contribution in [-0.2, 0) is 16.0 Å². The third-order valence-corrected chi connectivity index (χ3v) is 5.59. The molecule has 4 rings (SSSR count). The Labute approximate surface area is 166 Å². The van der Waals surface area contributed by atoms with Crippen LogP contribution in [0.25, 0.3) is 0 Å². The molecule has 1 spiro atoms. The van der Waals surface area contributed by atoms with Crippen LogP contribution in [0.4, 0.5) is 5.69 Å². The summed E-state index contributed by atoms with van der Waals surface area (Å²) in [6, 6.07) is 5.27. The number of anilines is 1. The molecule has 1 amide bonds. The number of benzene rings is 1. The smallest absolute Gasteiger partial charge is 0.352 e. The first-order valence-electron chi connectivity index (χ1n) is 9.39. The number of hydrogen-bond acceptors (Lipinski definition) is 8. The second-order valence-corrected chi connectivity index (χ2v) is 7.62. The fraction of sp³-hybridized carbons (Fsp3) is 0.474. The monoisotopic (exact) mass is 403 g/mol. The Bertz CT molecular complexity index is 891. The lowest BCUT2D eigenvalue weighted by atomic mass is 9.94. The van der Waals surface area contributed by atoms with Gasteiger partial charge in [-0.15, -0.1) is 5.10 Å². The molecule has 2 aromatic rings. The van der Waals surface area contributed by atoms with Gasteiger partial charge < -0.3 is 19.5 Å². The number of esters is 1. The van der Waals surface area contributed by atoms with Crippen LogP contribution in [0.15, 0.2) is 18.2 Å². The average Bonchev–Trinajstić information content (AvgIpc) is 3.30. The summed E-state index contributed by atoms with van der Waals surface area (Å²) in [5.41, 5.74) is 1.13. The molecule has 0 radical (unpaired) electrons. The SMILES string of the molecule is CCc1nnsc1C(=O)OCC(=O)Nc1ccc2c(c1)OC1(CCCCC1)O2. The maximum absolute atomic E-state index is 12.1. The zero-order valence-corrected chi connectivity index (χ0v) is 16.3. The number of nitrogens with one attached hydrogen (secondary N) is 1. The quantitative estimate of drug-likeness (QED) is 0.764. The van der Waals surface area contributed by atoms with Crippen molar-refractivity contribution in [1.82, 2.24) is 9.59 Å². The molecule has 1 aromatic carbocycles. The summed E-state index contributed by atoms with van der Waals surface area (Å²) in [5.74, 6) is -0.267. The topological polar surface area (TPSA) is 99.6 Å². The first-order chi connectivity index (χ1) is 13.6. The fourth-order valence-electron chi connectivity index (χ4n) is 3.45. The zero-order valence-electron chi connectivity index (χ0n) is 15.5.